The Labute approximate surface area is 154 Å². The fourth-order valence-corrected chi connectivity index (χ4v) is 3.54. The molecule has 3 rings (SSSR count). The number of anilines is 1. The van der Waals surface area contributed by atoms with E-state index in [0.717, 1.165) is 48.7 Å². The number of benzene rings is 2. The van der Waals surface area contributed by atoms with Crippen LogP contribution in [-0.4, -0.2) is 50.5 Å². The van der Waals surface area contributed by atoms with Crippen LogP contribution in [0.5, 0.6) is 5.75 Å². The van der Waals surface area contributed by atoms with Crippen LogP contribution in [0.15, 0.2) is 42.5 Å². The largest absolute Gasteiger partial charge is 0.490 e. The number of nitrogens with one attached hydrogen (secondary N) is 1. The van der Waals surface area contributed by atoms with E-state index in [1.807, 2.05) is 44.2 Å². The highest BCUT2D eigenvalue weighted by molar-refractivity contribution is 5.46. The van der Waals surface area contributed by atoms with Gasteiger partial charge in [0.05, 0.1) is 26.2 Å². The van der Waals surface area contributed by atoms with E-state index in [-0.39, 0.29) is 5.82 Å². The van der Waals surface area contributed by atoms with Gasteiger partial charge in [-0.05, 0) is 49.2 Å². The van der Waals surface area contributed by atoms with Crippen molar-refractivity contribution in [1.82, 2.24) is 0 Å². The summed E-state index contributed by atoms with van der Waals surface area (Å²) in [5.41, 5.74) is 3.25. The topological polar surface area (TPSA) is 37.1 Å². The highest BCUT2D eigenvalue weighted by Crippen LogP contribution is 2.22. The monoisotopic (exact) mass is 359 g/mol. The fourth-order valence-electron chi connectivity index (χ4n) is 3.54. The lowest BCUT2D eigenvalue weighted by Gasteiger charge is -2.34. The second-order valence-corrected chi connectivity index (χ2v) is 7.10. The highest BCUT2D eigenvalue weighted by Gasteiger charge is 2.23. The van der Waals surface area contributed by atoms with Crippen LogP contribution in [0.1, 0.15) is 11.1 Å². The average molecular weight is 359 g/mol. The number of rotatable bonds is 6. The molecule has 4 nitrogen and oxygen atoms in total. The first kappa shape index (κ1) is 18.7. The number of nitrogens with zero attached hydrogens (tertiary/aromatic N) is 1. The Bertz CT molecular complexity index is 692. The molecule has 140 valence electrons. The van der Waals surface area contributed by atoms with E-state index in [9.17, 15) is 9.50 Å². The van der Waals surface area contributed by atoms with Gasteiger partial charge in [-0.15, -0.1) is 0 Å². The number of aryl methyl sites for hydroxylation is 2. The predicted octanol–water partition coefficient (Wildman–Crippen LogP) is 1.59. The SMILES string of the molecule is Cc1cccc(C)c1OC[C@@H](O)C[NH+]1CCN(c2ccc(F)cc2)CC1. The van der Waals surface area contributed by atoms with Crippen molar-refractivity contribution in [2.75, 3.05) is 44.2 Å². The molecule has 0 aromatic heterocycles. The van der Waals surface area contributed by atoms with Gasteiger partial charge in [-0.2, -0.15) is 0 Å². The average Bonchev–Trinajstić information content (AvgIpc) is 2.63. The van der Waals surface area contributed by atoms with Crippen molar-refractivity contribution in [3.05, 3.63) is 59.4 Å². The number of aliphatic hydroxyl groups is 1. The van der Waals surface area contributed by atoms with E-state index in [2.05, 4.69) is 4.90 Å². The van der Waals surface area contributed by atoms with E-state index in [0.29, 0.717) is 13.2 Å². The first-order valence-electron chi connectivity index (χ1n) is 9.24. The standard InChI is InChI=1S/C21H27FN2O2/c1-16-4-3-5-17(2)21(16)26-15-20(25)14-23-10-12-24(13-11-23)19-8-6-18(22)7-9-19/h3-9,20,25H,10-15H2,1-2H3/p+1/t20-/m0/s1. The molecule has 26 heavy (non-hydrogen) atoms. The third-order valence-corrected chi connectivity index (χ3v) is 5.02. The van der Waals surface area contributed by atoms with Gasteiger partial charge in [-0.25, -0.2) is 4.39 Å². The van der Waals surface area contributed by atoms with Gasteiger partial charge in [0.15, 0.2) is 0 Å². The number of halogens is 1. The summed E-state index contributed by atoms with van der Waals surface area (Å²) in [6.45, 7) is 8.77. The molecule has 0 unspecified atom stereocenters. The molecule has 0 amide bonds. The maximum absolute atomic E-state index is 13.0. The number of para-hydroxylation sites is 1. The molecule has 1 heterocycles. The van der Waals surface area contributed by atoms with Gasteiger partial charge in [0.25, 0.3) is 0 Å². The zero-order valence-electron chi connectivity index (χ0n) is 15.5. The Kier molecular flexibility index (Phi) is 6.12. The zero-order valence-corrected chi connectivity index (χ0v) is 15.5. The lowest BCUT2D eigenvalue weighted by atomic mass is 10.1. The van der Waals surface area contributed by atoms with Gasteiger partial charge in [0.2, 0.25) is 0 Å². The van der Waals surface area contributed by atoms with Crippen molar-refractivity contribution in [3.63, 3.8) is 0 Å². The van der Waals surface area contributed by atoms with Crippen LogP contribution in [0, 0.1) is 19.7 Å². The molecule has 1 aliphatic rings. The first-order chi connectivity index (χ1) is 12.5. The minimum atomic E-state index is -0.485. The lowest BCUT2D eigenvalue weighted by molar-refractivity contribution is -0.903. The molecule has 1 atom stereocenters. The Morgan fingerprint density at radius 1 is 1.08 bits per heavy atom. The summed E-state index contributed by atoms with van der Waals surface area (Å²) in [5, 5.41) is 10.4. The maximum Gasteiger partial charge on any atom is 0.137 e. The Hall–Kier alpha value is -2.11. The second kappa shape index (κ2) is 8.52. The molecule has 2 aromatic rings. The van der Waals surface area contributed by atoms with Crippen molar-refractivity contribution in [1.29, 1.82) is 0 Å². The molecule has 0 saturated carbocycles. The highest BCUT2D eigenvalue weighted by atomic mass is 19.1. The minimum absolute atomic E-state index is 0.204. The quantitative estimate of drug-likeness (QED) is 0.823. The molecule has 1 aliphatic heterocycles. The van der Waals surface area contributed by atoms with Gasteiger partial charge in [-0.1, -0.05) is 18.2 Å². The molecule has 2 N–H and O–H groups in total. The summed E-state index contributed by atoms with van der Waals surface area (Å²) in [6, 6.07) is 12.7. The van der Waals surface area contributed by atoms with E-state index in [1.54, 1.807) is 0 Å². The molecule has 0 aliphatic carbocycles. The van der Waals surface area contributed by atoms with Crippen LogP contribution in [0.3, 0.4) is 0 Å². The number of quaternary nitrogens is 1. The van der Waals surface area contributed by atoms with E-state index in [4.69, 9.17) is 4.74 Å². The molecule has 5 heteroatoms. The van der Waals surface area contributed by atoms with Crippen LogP contribution in [0.4, 0.5) is 10.1 Å². The molecular formula is C21H28FN2O2+. The summed E-state index contributed by atoms with van der Waals surface area (Å²) in [5.74, 6) is 0.674. The summed E-state index contributed by atoms with van der Waals surface area (Å²) in [4.78, 5) is 3.64. The van der Waals surface area contributed by atoms with Crippen molar-refractivity contribution >= 4 is 5.69 Å². The summed E-state index contributed by atoms with van der Waals surface area (Å²) < 4.78 is 18.9. The third-order valence-electron chi connectivity index (χ3n) is 5.02. The zero-order chi connectivity index (χ0) is 18.5. The summed E-state index contributed by atoms with van der Waals surface area (Å²) >= 11 is 0. The van der Waals surface area contributed by atoms with Crippen molar-refractivity contribution in [2.24, 2.45) is 0 Å². The Morgan fingerprint density at radius 2 is 1.69 bits per heavy atom. The van der Waals surface area contributed by atoms with E-state index < -0.39 is 6.10 Å². The van der Waals surface area contributed by atoms with Crippen molar-refractivity contribution in [2.45, 2.75) is 20.0 Å². The normalized spacial score (nSPS) is 16.5. The molecule has 1 saturated heterocycles. The molecule has 2 aromatic carbocycles. The molecule has 0 spiro atoms. The third kappa shape index (κ3) is 4.74. The van der Waals surface area contributed by atoms with Crippen LogP contribution in [0.25, 0.3) is 0 Å². The molecule has 1 fully saturated rings. The Morgan fingerprint density at radius 3 is 2.31 bits per heavy atom. The van der Waals surface area contributed by atoms with Gasteiger partial charge in [-0.3, -0.25) is 0 Å². The number of aliphatic hydroxyl groups excluding tert-OH is 1. The van der Waals surface area contributed by atoms with Crippen LogP contribution in [-0.2, 0) is 0 Å². The second-order valence-electron chi connectivity index (χ2n) is 7.10. The first-order valence-corrected chi connectivity index (χ1v) is 9.24. The van der Waals surface area contributed by atoms with Gasteiger partial charge in [0, 0.05) is 5.69 Å². The molecule has 0 radical (unpaired) electrons. The van der Waals surface area contributed by atoms with Crippen LogP contribution >= 0.6 is 0 Å². The smallest absolute Gasteiger partial charge is 0.137 e. The van der Waals surface area contributed by atoms with Gasteiger partial charge >= 0.3 is 0 Å². The minimum Gasteiger partial charge on any atom is -0.490 e. The maximum atomic E-state index is 13.0. The van der Waals surface area contributed by atoms with Crippen LogP contribution in [0.2, 0.25) is 0 Å². The van der Waals surface area contributed by atoms with E-state index in [1.165, 1.54) is 17.0 Å². The van der Waals surface area contributed by atoms with Crippen molar-refractivity contribution < 1.29 is 19.1 Å². The predicted molar refractivity (Wildman–Crippen MR) is 102 cm³/mol. The number of hydrogen-bond donors (Lipinski definition) is 2. The summed E-state index contributed by atoms with van der Waals surface area (Å²) in [7, 11) is 0. The molecule has 0 bridgehead atoms. The number of ether oxygens (including phenoxy) is 1. The van der Waals surface area contributed by atoms with Gasteiger partial charge < -0.3 is 19.6 Å². The van der Waals surface area contributed by atoms with Crippen molar-refractivity contribution in [3.8, 4) is 5.75 Å². The molecular weight excluding hydrogens is 331 g/mol. The van der Waals surface area contributed by atoms with Gasteiger partial charge in [0.1, 0.15) is 30.8 Å². The van der Waals surface area contributed by atoms with E-state index >= 15 is 0 Å². The lowest BCUT2D eigenvalue weighted by Crippen LogP contribution is -3.16. The van der Waals surface area contributed by atoms with Crippen LogP contribution < -0.4 is 14.5 Å². The Balaban J connectivity index is 1.44. The fraction of sp³-hybridized carbons (Fsp3) is 0.429. The number of hydrogen-bond acceptors (Lipinski definition) is 3. The number of piperazine rings is 1. The summed E-state index contributed by atoms with van der Waals surface area (Å²) in [6.07, 6.45) is -0.485.